The fourth-order valence-electron chi connectivity index (χ4n) is 2.22. The number of aryl methyl sites for hydroxylation is 1. The van der Waals surface area contributed by atoms with Crippen LogP contribution in [0.5, 0.6) is 0 Å². The van der Waals surface area contributed by atoms with Crippen LogP contribution in [0.3, 0.4) is 0 Å². The summed E-state index contributed by atoms with van der Waals surface area (Å²) in [5, 5.41) is 18.6. The summed E-state index contributed by atoms with van der Waals surface area (Å²) in [4.78, 5) is 20.4. The van der Waals surface area contributed by atoms with Crippen molar-refractivity contribution >= 4 is 39.8 Å². The summed E-state index contributed by atoms with van der Waals surface area (Å²) in [5.41, 5.74) is 3.16. The zero-order valence-electron chi connectivity index (χ0n) is 13.7. The maximum absolute atomic E-state index is 12.1. The number of pyridine rings is 1. The molecule has 0 saturated heterocycles. The summed E-state index contributed by atoms with van der Waals surface area (Å²) in [5.74, 6) is 0.0441. The smallest absolute Gasteiger partial charge is 0.236 e. The van der Waals surface area contributed by atoms with Gasteiger partial charge in [-0.1, -0.05) is 11.8 Å². The second kappa shape index (κ2) is 7.18. The fourth-order valence-corrected chi connectivity index (χ4v) is 3.62. The van der Waals surface area contributed by atoms with E-state index >= 15 is 0 Å². The van der Waals surface area contributed by atoms with E-state index in [0.717, 1.165) is 17.0 Å². The van der Waals surface area contributed by atoms with Gasteiger partial charge in [0, 0.05) is 23.3 Å². The lowest BCUT2D eigenvalue weighted by molar-refractivity contribution is -0.113. The fraction of sp³-hybridized carbons (Fsp3) is 0.125. The van der Waals surface area contributed by atoms with E-state index in [1.165, 1.54) is 23.1 Å². The Morgan fingerprint density at radius 1 is 1.31 bits per heavy atom. The molecule has 4 rings (SSSR count). The molecule has 4 aromatic rings. The van der Waals surface area contributed by atoms with Crippen molar-refractivity contribution in [3.05, 3.63) is 47.7 Å². The number of anilines is 1. The molecule has 0 atom stereocenters. The van der Waals surface area contributed by atoms with Gasteiger partial charge in [0.1, 0.15) is 0 Å². The Morgan fingerprint density at radius 2 is 2.23 bits per heavy atom. The van der Waals surface area contributed by atoms with Crippen molar-refractivity contribution in [2.24, 2.45) is 0 Å². The maximum Gasteiger partial charge on any atom is 0.236 e. The van der Waals surface area contributed by atoms with Crippen molar-refractivity contribution in [3.8, 4) is 11.3 Å². The molecular formula is C16H13N7OS2. The van der Waals surface area contributed by atoms with Crippen molar-refractivity contribution in [2.75, 3.05) is 11.1 Å². The van der Waals surface area contributed by atoms with Gasteiger partial charge in [0.15, 0.2) is 10.8 Å². The highest BCUT2D eigenvalue weighted by Gasteiger charge is 2.12. The van der Waals surface area contributed by atoms with Crippen molar-refractivity contribution < 1.29 is 4.79 Å². The molecule has 130 valence electrons. The number of nitrogens with zero attached hydrogens (tertiary/aromatic N) is 6. The number of hydrogen-bond acceptors (Lipinski definition) is 8. The van der Waals surface area contributed by atoms with Crippen LogP contribution in [-0.4, -0.2) is 41.4 Å². The molecule has 4 heterocycles. The molecule has 0 aliphatic heterocycles. The van der Waals surface area contributed by atoms with E-state index in [-0.39, 0.29) is 11.7 Å². The number of aromatic nitrogens is 6. The van der Waals surface area contributed by atoms with Crippen LogP contribution in [0.1, 0.15) is 5.69 Å². The minimum absolute atomic E-state index is 0.149. The molecule has 10 heteroatoms. The van der Waals surface area contributed by atoms with E-state index in [9.17, 15) is 4.79 Å². The van der Waals surface area contributed by atoms with Crippen LogP contribution in [0.2, 0.25) is 0 Å². The largest absolute Gasteiger partial charge is 0.301 e. The zero-order chi connectivity index (χ0) is 17.9. The Kier molecular flexibility index (Phi) is 4.59. The zero-order valence-corrected chi connectivity index (χ0v) is 15.3. The molecule has 0 aliphatic carbocycles. The highest BCUT2D eigenvalue weighted by atomic mass is 32.2. The second-order valence-corrected chi connectivity index (χ2v) is 7.14. The van der Waals surface area contributed by atoms with Crippen molar-refractivity contribution in [2.45, 2.75) is 12.1 Å². The van der Waals surface area contributed by atoms with E-state index in [4.69, 9.17) is 0 Å². The number of carbonyl (C=O) groups excluding carboxylic acids is 1. The summed E-state index contributed by atoms with van der Waals surface area (Å²) in [6.45, 7) is 1.88. The Balaban J connectivity index is 1.50. The number of thiazole rings is 1. The number of fused-ring (bicyclic) bond motifs is 1. The summed E-state index contributed by atoms with van der Waals surface area (Å²) < 4.78 is 1.63. The number of hydrogen-bond donors (Lipinski definition) is 1. The van der Waals surface area contributed by atoms with E-state index in [0.29, 0.717) is 15.9 Å². The summed E-state index contributed by atoms with van der Waals surface area (Å²) >= 11 is 2.67. The lowest BCUT2D eigenvalue weighted by Gasteiger charge is -2.03. The van der Waals surface area contributed by atoms with Gasteiger partial charge in [-0.15, -0.1) is 21.5 Å². The molecule has 0 aliphatic rings. The van der Waals surface area contributed by atoms with E-state index < -0.39 is 0 Å². The van der Waals surface area contributed by atoms with Crippen LogP contribution in [0.15, 0.2) is 47.2 Å². The predicted octanol–water partition coefficient (Wildman–Crippen LogP) is 2.68. The first-order chi connectivity index (χ1) is 12.7. The quantitative estimate of drug-likeness (QED) is 0.529. The molecule has 0 bridgehead atoms. The van der Waals surface area contributed by atoms with Gasteiger partial charge >= 0.3 is 0 Å². The lowest BCUT2D eigenvalue weighted by atomic mass is 10.2. The molecular weight excluding hydrogens is 370 g/mol. The molecule has 0 saturated carbocycles. The van der Waals surface area contributed by atoms with Gasteiger partial charge in [-0.05, 0) is 31.2 Å². The van der Waals surface area contributed by atoms with Gasteiger partial charge in [-0.2, -0.15) is 9.61 Å². The number of carbonyl (C=O) groups is 1. The number of nitrogens with one attached hydrogen (secondary N) is 1. The predicted molar refractivity (Wildman–Crippen MR) is 100 cm³/mol. The van der Waals surface area contributed by atoms with Crippen LogP contribution in [0.25, 0.3) is 16.9 Å². The third-order valence-corrected chi connectivity index (χ3v) is 5.18. The Morgan fingerprint density at radius 3 is 3.00 bits per heavy atom. The van der Waals surface area contributed by atoms with E-state index in [1.807, 2.05) is 36.6 Å². The molecule has 4 aromatic heterocycles. The van der Waals surface area contributed by atoms with E-state index in [2.05, 4.69) is 30.6 Å². The van der Waals surface area contributed by atoms with Gasteiger partial charge in [0.2, 0.25) is 11.1 Å². The van der Waals surface area contributed by atoms with Crippen LogP contribution >= 0.6 is 23.1 Å². The number of thioether (sulfide) groups is 1. The molecule has 1 amide bonds. The first-order valence-corrected chi connectivity index (χ1v) is 9.53. The van der Waals surface area contributed by atoms with Crippen molar-refractivity contribution in [1.29, 1.82) is 0 Å². The highest BCUT2D eigenvalue weighted by Crippen LogP contribution is 2.21. The molecule has 1 N–H and O–H groups in total. The first kappa shape index (κ1) is 16.6. The first-order valence-electron chi connectivity index (χ1n) is 7.67. The van der Waals surface area contributed by atoms with Gasteiger partial charge in [-0.25, -0.2) is 4.98 Å². The average Bonchev–Trinajstić information content (AvgIpc) is 3.26. The third-order valence-electron chi connectivity index (χ3n) is 3.39. The van der Waals surface area contributed by atoms with Gasteiger partial charge in [0.05, 0.1) is 17.1 Å². The summed E-state index contributed by atoms with van der Waals surface area (Å²) in [7, 11) is 0. The molecule has 0 aromatic carbocycles. The summed E-state index contributed by atoms with van der Waals surface area (Å²) in [6, 6.07) is 7.49. The van der Waals surface area contributed by atoms with Crippen LogP contribution in [-0.2, 0) is 4.79 Å². The van der Waals surface area contributed by atoms with Crippen molar-refractivity contribution in [3.63, 3.8) is 0 Å². The topological polar surface area (TPSA) is 98.0 Å². The molecule has 0 unspecified atom stereocenters. The average molecular weight is 383 g/mol. The van der Waals surface area contributed by atoms with Gasteiger partial charge in [-0.3, -0.25) is 9.78 Å². The number of rotatable bonds is 5. The van der Waals surface area contributed by atoms with Crippen molar-refractivity contribution in [1.82, 2.24) is 29.8 Å². The van der Waals surface area contributed by atoms with E-state index in [1.54, 1.807) is 16.9 Å². The van der Waals surface area contributed by atoms with Gasteiger partial charge < -0.3 is 5.32 Å². The van der Waals surface area contributed by atoms with Crippen LogP contribution < -0.4 is 5.32 Å². The monoisotopic (exact) mass is 383 g/mol. The summed E-state index contributed by atoms with van der Waals surface area (Å²) in [6.07, 6.45) is 3.46. The molecule has 8 nitrogen and oxygen atoms in total. The Hall–Kier alpha value is -2.85. The minimum atomic E-state index is -0.149. The molecule has 0 fully saturated rings. The third kappa shape index (κ3) is 3.55. The Labute approximate surface area is 156 Å². The molecule has 0 spiro atoms. The highest BCUT2D eigenvalue weighted by molar-refractivity contribution is 7.99. The number of amides is 1. The van der Waals surface area contributed by atoms with Gasteiger partial charge in [0.25, 0.3) is 0 Å². The standard InChI is InChI=1S/C16H13N7OS2/c1-10-8-25-15(18-10)19-14(24)9-26-16-21-20-13-5-4-12(22-23(13)16)11-3-2-6-17-7-11/h2-8H,9H2,1H3,(H,18,19,24). The lowest BCUT2D eigenvalue weighted by Crippen LogP contribution is -2.14. The minimum Gasteiger partial charge on any atom is -0.301 e. The normalized spacial score (nSPS) is 11.0. The molecule has 26 heavy (non-hydrogen) atoms. The SMILES string of the molecule is Cc1csc(NC(=O)CSc2nnc3ccc(-c4cccnc4)nn23)n1. The maximum atomic E-state index is 12.1. The Bertz CT molecular complexity index is 1060. The van der Waals surface area contributed by atoms with Crippen LogP contribution in [0.4, 0.5) is 5.13 Å². The second-order valence-electron chi connectivity index (χ2n) is 5.34. The molecule has 0 radical (unpaired) electrons. The van der Waals surface area contributed by atoms with Crippen LogP contribution in [0, 0.1) is 6.92 Å².